The van der Waals surface area contributed by atoms with E-state index in [0.29, 0.717) is 12.4 Å². The second-order valence-corrected chi connectivity index (χ2v) is 17.9. The van der Waals surface area contributed by atoms with Crippen LogP contribution >= 0.6 is 0 Å². The molecule has 6 nitrogen and oxygen atoms in total. The summed E-state index contributed by atoms with van der Waals surface area (Å²) in [5, 5.41) is 2.20. The summed E-state index contributed by atoms with van der Waals surface area (Å²) >= 11 is 0. The average molecular weight is 713 g/mol. The zero-order valence-electron chi connectivity index (χ0n) is 32.8. The number of para-hydroxylation sites is 2. The minimum atomic E-state index is -0.00897. The van der Waals surface area contributed by atoms with Crippen molar-refractivity contribution in [2.24, 2.45) is 0 Å². The topological polar surface area (TPSA) is 46.7 Å². The molecule has 0 bridgehead atoms. The van der Waals surface area contributed by atoms with Crippen LogP contribution in [-0.4, -0.2) is 16.2 Å². The number of nitrogens with zero attached hydrogens (tertiary/aromatic N) is 4. The summed E-state index contributed by atoms with van der Waals surface area (Å²) in [4.78, 5) is 9.68. The molecule has 0 unspecified atom stereocenters. The molecule has 0 radical (unpaired) electrons. The Kier molecular flexibility index (Phi) is 7.49. The quantitative estimate of drug-likeness (QED) is 0.178. The van der Waals surface area contributed by atoms with Crippen LogP contribution in [0, 0.1) is 0 Å². The summed E-state index contributed by atoms with van der Waals surface area (Å²) in [5.74, 6) is 2.35. The fraction of sp³-hybridized carbons (Fsp3) is 0.271. The molecular formula is C48H48N4O2. The predicted octanol–water partition coefficient (Wildman–Crippen LogP) is 13.3. The SMILES string of the molecule is CC(C)(C)c1cc(N2CN(c3cccc(Oc4cc5oc6cccc7c6c5c(c4)n7-c4cc(C(C)(C)C)ccn4)c3)c3ccccc32)cc(C(C)(C)C)c1. The van der Waals surface area contributed by atoms with Crippen molar-refractivity contribution >= 4 is 55.7 Å². The zero-order chi connectivity index (χ0) is 37.7. The molecule has 0 saturated carbocycles. The van der Waals surface area contributed by atoms with Crippen LogP contribution in [0.2, 0.25) is 0 Å². The molecule has 3 aromatic heterocycles. The third kappa shape index (κ3) is 5.67. The van der Waals surface area contributed by atoms with Gasteiger partial charge in [0.25, 0.3) is 0 Å². The number of hydrogen-bond donors (Lipinski definition) is 0. The van der Waals surface area contributed by atoms with Gasteiger partial charge in [-0.05, 0) is 93.6 Å². The van der Waals surface area contributed by atoms with Crippen LogP contribution in [0.4, 0.5) is 22.7 Å². The van der Waals surface area contributed by atoms with Crippen molar-refractivity contribution in [3.63, 3.8) is 0 Å². The minimum absolute atomic E-state index is 0.00897. The van der Waals surface area contributed by atoms with Gasteiger partial charge in [-0.2, -0.15) is 0 Å². The van der Waals surface area contributed by atoms with Gasteiger partial charge in [0.15, 0.2) is 0 Å². The lowest BCUT2D eigenvalue weighted by Gasteiger charge is -2.29. The number of anilines is 4. The van der Waals surface area contributed by atoms with E-state index in [2.05, 4.69) is 168 Å². The fourth-order valence-electron chi connectivity index (χ4n) is 7.83. The van der Waals surface area contributed by atoms with Crippen molar-refractivity contribution in [2.45, 2.75) is 78.6 Å². The van der Waals surface area contributed by atoms with Crippen molar-refractivity contribution in [3.05, 3.63) is 132 Å². The van der Waals surface area contributed by atoms with Gasteiger partial charge in [0.05, 0.1) is 33.2 Å². The van der Waals surface area contributed by atoms with Gasteiger partial charge >= 0.3 is 0 Å². The Morgan fingerprint density at radius 1 is 0.537 bits per heavy atom. The Morgan fingerprint density at radius 2 is 1.19 bits per heavy atom. The number of furan rings is 1. The molecule has 0 saturated heterocycles. The highest BCUT2D eigenvalue weighted by atomic mass is 16.5. The zero-order valence-corrected chi connectivity index (χ0v) is 32.8. The molecule has 4 heterocycles. The van der Waals surface area contributed by atoms with Gasteiger partial charge in [0, 0.05) is 35.8 Å². The smallest absolute Gasteiger partial charge is 0.141 e. The Labute approximate surface area is 317 Å². The van der Waals surface area contributed by atoms with Gasteiger partial charge in [-0.1, -0.05) is 92.6 Å². The molecule has 0 atom stereocenters. The third-order valence-corrected chi connectivity index (χ3v) is 10.9. The highest BCUT2D eigenvalue weighted by molar-refractivity contribution is 6.23. The van der Waals surface area contributed by atoms with Gasteiger partial charge in [-0.3, -0.25) is 4.57 Å². The molecular weight excluding hydrogens is 665 g/mol. The summed E-state index contributed by atoms with van der Waals surface area (Å²) in [7, 11) is 0. The minimum Gasteiger partial charge on any atom is -0.457 e. The predicted molar refractivity (Wildman–Crippen MR) is 224 cm³/mol. The molecule has 0 amide bonds. The maximum atomic E-state index is 6.73. The van der Waals surface area contributed by atoms with Crippen LogP contribution in [0.1, 0.15) is 79.0 Å². The van der Waals surface area contributed by atoms with Gasteiger partial charge in [0.2, 0.25) is 0 Å². The first-order valence-corrected chi connectivity index (χ1v) is 19.0. The van der Waals surface area contributed by atoms with Crippen LogP contribution in [0.5, 0.6) is 11.5 Å². The molecule has 54 heavy (non-hydrogen) atoms. The number of benzene rings is 5. The highest BCUT2D eigenvalue weighted by Crippen LogP contribution is 2.47. The summed E-state index contributed by atoms with van der Waals surface area (Å²) in [6.07, 6.45) is 1.91. The number of hydrogen-bond acceptors (Lipinski definition) is 5. The summed E-state index contributed by atoms with van der Waals surface area (Å²) in [6, 6.07) is 38.9. The molecule has 8 aromatic rings. The standard InChI is InChI=1S/C48H48N4O2/c1-46(2,3)30-20-21-49-43(25-30)52-39-18-13-19-41-44(39)45-40(52)27-36(28-42(45)54-41)53-35-15-12-14-33(26-35)50-29-51(38-17-11-10-16-37(38)50)34-23-31(47(4,5)6)22-32(24-34)48(7,8)9/h10-28H,29H2,1-9H3. The Balaban J connectivity index is 1.10. The maximum Gasteiger partial charge on any atom is 0.141 e. The van der Waals surface area contributed by atoms with Crippen LogP contribution in [0.15, 0.2) is 120 Å². The molecule has 0 spiro atoms. The molecule has 0 fully saturated rings. The Morgan fingerprint density at radius 3 is 1.87 bits per heavy atom. The second kappa shape index (κ2) is 11.9. The van der Waals surface area contributed by atoms with Crippen molar-refractivity contribution in [3.8, 4) is 17.3 Å². The van der Waals surface area contributed by atoms with E-state index in [1.165, 1.54) is 33.8 Å². The van der Waals surface area contributed by atoms with Crippen LogP contribution < -0.4 is 14.5 Å². The molecule has 9 rings (SSSR count). The van der Waals surface area contributed by atoms with Crippen molar-refractivity contribution in [1.29, 1.82) is 0 Å². The van der Waals surface area contributed by atoms with E-state index in [9.17, 15) is 0 Å². The first kappa shape index (κ1) is 34.0. The molecule has 5 aromatic carbocycles. The normalized spacial score (nSPS) is 13.9. The van der Waals surface area contributed by atoms with Gasteiger partial charge in [-0.25, -0.2) is 4.98 Å². The number of rotatable bonds is 5. The van der Waals surface area contributed by atoms with Crippen LogP contribution in [-0.2, 0) is 16.2 Å². The second-order valence-electron chi connectivity index (χ2n) is 17.9. The number of pyridine rings is 1. The van der Waals surface area contributed by atoms with E-state index in [-0.39, 0.29) is 16.2 Å². The Hall–Kier alpha value is -5.75. The van der Waals surface area contributed by atoms with Crippen molar-refractivity contribution in [2.75, 3.05) is 16.5 Å². The van der Waals surface area contributed by atoms with E-state index in [1.54, 1.807) is 0 Å². The van der Waals surface area contributed by atoms with E-state index in [4.69, 9.17) is 14.1 Å². The Bertz CT molecular complexity index is 2660. The van der Waals surface area contributed by atoms with Gasteiger partial charge in [0.1, 0.15) is 35.2 Å². The van der Waals surface area contributed by atoms with Crippen molar-refractivity contribution < 1.29 is 9.15 Å². The number of aromatic nitrogens is 2. The van der Waals surface area contributed by atoms with E-state index >= 15 is 0 Å². The monoisotopic (exact) mass is 712 g/mol. The lowest BCUT2D eigenvalue weighted by Crippen LogP contribution is -2.25. The maximum absolute atomic E-state index is 6.73. The summed E-state index contributed by atoms with van der Waals surface area (Å²) in [5.41, 5.74) is 12.3. The van der Waals surface area contributed by atoms with Gasteiger partial charge in [-0.15, -0.1) is 0 Å². The van der Waals surface area contributed by atoms with Crippen LogP contribution in [0.3, 0.4) is 0 Å². The first-order valence-electron chi connectivity index (χ1n) is 19.0. The summed E-state index contributed by atoms with van der Waals surface area (Å²) < 4.78 is 15.4. The molecule has 0 N–H and O–H groups in total. The lowest BCUT2D eigenvalue weighted by molar-refractivity contribution is 0.482. The number of fused-ring (bicyclic) bond motifs is 1. The largest absolute Gasteiger partial charge is 0.457 e. The van der Waals surface area contributed by atoms with Crippen molar-refractivity contribution in [1.82, 2.24) is 9.55 Å². The third-order valence-electron chi connectivity index (χ3n) is 10.9. The van der Waals surface area contributed by atoms with Crippen LogP contribution in [0.25, 0.3) is 38.8 Å². The fourth-order valence-corrected chi connectivity index (χ4v) is 7.83. The lowest BCUT2D eigenvalue weighted by atomic mass is 9.80. The van der Waals surface area contributed by atoms with E-state index in [0.717, 1.165) is 50.2 Å². The van der Waals surface area contributed by atoms with E-state index < -0.39 is 0 Å². The number of ether oxygens (including phenoxy) is 1. The van der Waals surface area contributed by atoms with E-state index in [1.807, 2.05) is 24.4 Å². The molecule has 272 valence electrons. The molecule has 1 aliphatic heterocycles. The molecule has 0 aliphatic carbocycles. The van der Waals surface area contributed by atoms with Gasteiger partial charge < -0.3 is 19.0 Å². The average Bonchev–Trinajstić information content (AvgIpc) is 3.81. The molecule has 1 aliphatic rings. The highest BCUT2D eigenvalue weighted by Gasteiger charge is 2.31. The summed E-state index contributed by atoms with van der Waals surface area (Å²) in [6.45, 7) is 21.2. The molecule has 6 heteroatoms. The first-order chi connectivity index (χ1) is 25.6.